The Bertz CT molecular complexity index is 3010. The molecule has 4 aromatic carbocycles. The molecule has 0 saturated heterocycles. The first kappa shape index (κ1) is 59.9. The number of hydrogen-bond donors (Lipinski definition) is 5. The van der Waals surface area contributed by atoms with Gasteiger partial charge in [0.15, 0.2) is 23.1 Å². The van der Waals surface area contributed by atoms with Gasteiger partial charge in [-0.3, -0.25) is 23.7 Å². The molecule has 4 unspecified atom stereocenters. The molecular weight excluding hydrogens is 947 g/mol. The maximum Gasteiger partial charge on any atom is 1.00 e. The van der Waals surface area contributed by atoms with Crippen LogP contribution in [0.4, 0.5) is 11.4 Å². The number of nitrogens with two attached hydrogens (primary N) is 2. The van der Waals surface area contributed by atoms with Crippen molar-refractivity contribution in [1.82, 2.24) is 0 Å². The first-order valence-corrected chi connectivity index (χ1v) is 22.0. The van der Waals surface area contributed by atoms with Crippen LogP contribution in [0.25, 0.3) is 0 Å². The smallest absolute Gasteiger partial charge is 0.401 e. The third-order valence-electron chi connectivity index (χ3n) is 10.4. The van der Waals surface area contributed by atoms with Crippen molar-refractivity contribution >= 4 is 65.8 Å². The van der Waals surface area contributed by atoms with Crippen molar-refractivity contribution < 1.29 is 117 Å². The van der Waals surface area contributed by atoms with Crippen molar-refractivity contribution in [2.24, 2.45) is 35.1 Å². The molecule has 0 heterocycles. The minimum Gasteiger partial charge on any atom is -0.401 e. The molecule has 342 valence electrons. The van der Waals surface area contributed by atoms with E-state index in [9.17, 15) is 32.1 Å². The van der Waals surface area contributed by atoms with Crippen LogP contribution in [0.5, 0.6) is 0 Å². The normalized spacial score (nSPS) is 18.4. The molecule has 22 heteroatoms. The van der Waals surface area contributed by atoms with Crippen LogP contribution in [0.2, 0.25) is 0 Å². The predicted octanol–water partition coefficient (Wildman–Crippen LogP) is -0.577. The molecule has 4 atom stereocenters. The number of Topliss-reactive ketones (excluding diaryl/α,β-unsaturated/α-hetero) is 4. The molecule has 0 aromatic heterocycles. The second-order valence-electron chi connectivity index (χ2n) is 14.5. The standard InChI is InChI=1S/C22H20N2O2.C21H18N2O5S.2CH3.2Na.2O3S/c1-12-7-9-14(10-8-12)24-17-11-13(2)20(23)19-18(17)21(25)15-5-3-4-6-16(15)22(19)26;1-11-6-8-12(9-7-11)23-15-10-16(29(26,27)28)19(22)18-17(15)20(24)13-4-2-3-5-14(13)21(18)25;;;;;2*1-4(2)3/h3-11,18-19,24H,23H2,1-2H3;2-10,17-18,23H,22H2,1H3,(H,26,27,28);2*1H3;;;;/q;;2*-1;2*+1;;. The number of rotatable bonds is 5. The van der Waals surface area contributed by atoms with E-state index < -0.39 is 65.7 Å². The Hall–Kier alpha value is -5.13. The molecule has 0 saturated carbocycles. The molecule has 0 bridgehead atoms. The first-order valence-electron chi connectivity index (χ1n) is 18.5. The van der Waals surface area contributed by atoms with Crippen molar-refractivity contribution in [2.45, 2.75) is 20.8 Å². The van der Waals surface area contributed by atoms with Gasteiger partial charge in [-0.05, 0) is 62.8 Å². The number of carbonyl (C=O) groups excluding carboxylic acids is 4. The van der Waals surface area contributed by atoms with Crippen molar-refractivity contribution in [3.05, 3.63) is 191 Å². The van der Waals surface area contributed by atoms with E-state index in [-0.39, 0.29) is 114 Å². The van der Waals surface area contributed by atoms with Crippen molar-refractivity contribution in [3.63, 3.8) is 0 Å². The molecule has 0 spiro atoms. The Kier molecular flexibility index (Phi) is 22.6. The Morgan fingerprint density at radius 3 is 1.09 bits per heavy atom. The summed E-state index contributed by atoms with van der Waals surface area (Å²) >= 11 is 0. The van der Waals surface area contributed by atoms with Gasteiger partial charge in [-0.15, -0.1) is 25.3 Å². The van der Waals surface area contributed by atoms with Crippen LogP contribution in [0.1, 0.15) is 59.5 Å². The molecule has 4 aromatic rings. The monoisotopic (exact) mass is 990 g/mol. The molecular formula is C45H44N4Na2O13S3. The van der Waals surface area contributed by atoms with E-state index in [1.807, 2.05) is 63.2 Å². The first-order chi connectivity index (χ1) is 29.6. The van der Waals surface area contributed by atoms with E-state index in [2.05, 4.69) is 10.6 Å². The van der Waals surface area contributed by atoms with Gasteiger partial charge in [0.2, 0.25) is 0 Å². The van der Waals surface area contributed by atoms with Crippen LogP contribution in [0, 0.1) is 52.4 Å². The molecule has 4 aliphatic rings. The van der Waals surface area contributed by atoms with Crippen LogP contribution in [0.15, 0.2) is 142 Å². The summed E-state index contributed by atoms with van der Waals surface area (Å²) in [4.78, 5) is 52.0. The largest absolute Gasteiger partial charge is 1.00 e. The third kappa shape index (κ3) is 14.0. The summed E-state index contributed by atoms with van der Waals surface area (Å²) in [5.41, 5.74) is 19.2. The maximum atomic E-state index is 13.2. The number of fused-ring (bicyclic) bond motifs is 4. The van der Waals surface area contributed by atoms with Crippen LogP contribution in [0.3, 0.4) is 0 Å². The Morgan fingerprint density at radius 1 is 0.493 bits per heavy atom. The van der Waals surface area contributed by atoms with E-state index in [0.717, 1.165) is 34.2 Å². The van der Waals surface area contributed by atoms with E-state index in [1.165, 1.54) is 6.07 Å². The van der Waals surface area contributed by atoms with Crippen molar-refractivity contribution in [3.8, 4) is 0 Å². The predicted molar refractivity (Wildman–Crippen MR) is 242 cm³/mol. The van der Waals surface area contributed by atoms with Gasteiger partial charge in [0, 0.05) is 56.4 Å². The van der Waals surface area contributed by atoms with Gasteiger partial charge in [0.1, 0.15) is 4.91 Å². The fourth-order valence-corrected chi connectivity index (χ4v) is 8.26. The summed E-state index contributed by atoms with van der Waals surface area (Å²) in [5, 5.41) is 6.37. The van der Waals surface area contributed by atoms with E-state index >= 15 is 0 Å². The van der Waals surface area contributed by atoms with Gasteiger partial charge in [-0.25, -0.2) is 0 Å². The van der Waals surface area contributed by atoms with Crippen molar-refractivity contribution in [2.75, 3.05) is 10.6 Å². The zero-order valence-corrected chi connectivity index (χ0v) is 43.9. The molecule has 4 aliphatic carbocycles. The zero-order valence-electron chi connectivity index (χ0n) is 37.4. The summed E-state index contributed by atoms with van der Waals surface area (Å²) in [6.45, 7) is 5.81. The molecule has 67 heavy (non-hydrogen) atoms. The number of ketones is 4. The fourth-order valence-electron chi connectivity index (χ4n) is 7.56. The average molecular weight is 991 g/mol. The molecule has 0 fully saturated rings. The Morgan fingerprint density at radius 2 is 0.776 bits per heavy atom. The summed E-state index contributed by atoms with van der Waals surface area (Å²) in [5.74, 6) is -4.42. The van der Waals surface area contributed by atoms with E-state index in [4.69, 9.17) is 36.7 Å². The van der Waals surface area contributed by atoms with Gasteiger partial charge in [-0.2, -0.15) is 8.42 Å². The van der Waals surface area contributed by atoms with E-state index in [0.29, 0.717) is 22.5 Å². The molecule has 0 aliphatic heterocycles. The van der Waals surface area contributed by atoms with Crippen LogP contribution >= 0.6 is 0 Å². The van der Waals surface area contributed by atoms with E-state index in [1.54, 1.807) is 54.6 Å². The van der Waals surface area contributed by atoms with Gasteiger partial charge in [0.05, 0.1) is 23.7 Å². The summed E-state index contributed by atoms with van der Waals surface area (Å²) in [7, 11) is -10.9. The number of anilines is 2. The van der Waals surface area contributed by atoms with Gasteiger partial charge in [0.25, 0.3) is 10.1 Å². The fraction of sp³-hybridized carbons (Fsp3) is 0.156. The van der Waals surface area contributed by atoms with Crippen LogP contribution in [-0.2, 0) is 31.3 Å². The van der Waals surface area contributed by atoms with Gasteiger partial charge < -0.3 is 37.0 Å². The third-order valence-corrected chi connectivity index (χ3v) is 11.3. The number of nitrogens with one attached hydrogen (secondary N) is 2. The van der Waals surface area contributed by atoms with Crippen LogP contribution < -0.4 is 81.2 Å². The topological polar surface area (TPSA) is 301 Å². The number of benzene rings is 4. The van der Waals surface area contributed by atoms with Gasteiger partial charge in [-0.1, -0.05) is 83.9 Å². The zero-order chi connectivity index (χ0) is 46.5. The molecule has 17 nitrogen and oxygen atoms in total. The second-order valence-corrected chi connectivity index (χ2v) is 16.7. The number of hydrogen-bond acceptors (Lipinski definition) is 16. The summed E-state index contributed by atoms with van der Waals surface area (Å²) < 4.78 is 84.1. The Labute approximate surface area is 435 Å². The van der Waals surface area contributed by atoms with Gasteiger partial charge >= 0.3 is 80.3 Å². The molecule has 7 N–H and O–H groups in total. The molecule has 8 rings (SSSR count). The van der Waals surface area contributed by atoms with Crippen molar-refractivity contribution in [1.29, 1.82) is 0 Å². The minimum atomic E-state index is -4.70. The average Bonchev–Trinajstić information content (AvgIpc) is 3.22. The number of carbonyl (C=O) groups is 4. The summed E-state index contributed by atoms with van der Waals surface area (Å²) in [6, 6.07) is 28.5. The molecule has 0 amide bonds. The Balaban J connectivity index is 0.000000551. The number of allylic oxidation sites excluding steroid dienone is 7. The second kappa shape index (κ2) is 25.3. The summed E-state index contributed by atoms with van der Waals surface area (Å²) in [6.07, 6.45) is 3.01. The van der Waals surface area contributed by atoms with Crippen LogP contribution in [-0.4, -0.2) is 61.4 Å². The SMILES string of the molecule is CC1=C(N)C2C(=O)c3ccccc3C(=O)C2C(Nc2ccc(C)cc2)=C1.Cc1ccc(NC2=CC(S(=O)(=O)O)=C(N)C3C(=O)c4ccccc4C(=O)C23)cc1.O=S(=O)=O.O=S(=O)=O.[CH3-].[CH3-].[Na+].[Na+]. The molecule has 0 radical (unpaired) electrons. The minimum absolute atomic E-state index is 0. The maximum absolute atomic E-state index is 13.2. The number of aryl methyl sites for hydroxylation is 2. The quantitative estimate of drug-likeness (QED) is 0.0950.